The number of halogens is 1. The SMILES string of the molecule is CCN(CCCO)C(=O)CCc1ccc(F)cc1. The molecule has 0 bridgehead atoms. The number of aryl methyl sites for hydroxylation is 1. The van der Waals surface area contributed by atoms with Gasteiger partial charge >= 0.3 is 0 Å². The van der Waals surface area contributed by atoms with E-state index in [1.54, 1.807) is 17.0 Å². The molecule has 1 amide bonds. The van der Waals surface area contributed by atoms with Gasteiger partial charge in [-0.2, -0.15) is 0 Å². The third-order valence-electron chi connectivity index (χ3n) is 2.86. The number of benzene rings is 1. The highest BCUT2D eigenvalue weighted by Gasteiger charge is 2.10. The zero-order chi connectivity index (χ0) is 13.4. The standard InChI is InChI=1S/C14H20FNO2/c1-2-16(10-3-11-17)14(18)9-6-12-4-7-13(15)8-5-12/h4-5,7-8,17H,2-3,6,9-11H2,1H3. The van der Waals surface area contributed by atoms with Crippen LogP contribution in [0, 0.1) is 5.82 Å². The van der Waals surface area contributed by atoms with Gasteiger partial charge in [-0.25, -0.2) is 4.39 Å². The Bertz CT molecular complexity index is 365. The number of carbonyl (C=O) groups excluding carboxylic acids is 1. The van der Waals surface area contributed by atoms with Crippen LogP contribution >= 0.6 is 0 Å². The Balaban J connectivity index is 2.41. The fourth-order valence-electron chi connectivity index (χ4n) is 1.78. The summed E-state index contributed by atoms with van der Waals surface area (Å²) in [5, 5.41) is 8.75. The number of nitrogens with zero attached hydrogens (tertiary/aromatic N) is 1. The highest BCUT2D eigenvalue weighted by Crippen LogP contribution is 2.07. The van der Waals surface area contributed by atoms with Crippen molar-refractivity contribution >= 4 is 5.91 Å². The monoisotopic (exact) mass is 253 g/mol. The lowest BCUT2D eigenvalue weighted by molar-refractivity contribution is -0.131. The van der Waals surface area contributed by atoms with Crippen LogP contribution in [0.4, 0.5) is 4.39 Å². The first-order valence-corrected chi connectivity index (χ1v) is 6.30. The fraction of sp³-hybridized carbons (Fsp3) is 0.500. The second-order valence-electron chi connectivity index (χ2n) is 4.18. The van der Waals surface area contributed by atoms with E-state index in [9.17, 15) is 9.18 Å². The Morgan fingerprint density at radius 2 is 2.00 bits per heavy atom. The van der Waals surface area contributed by atoms with Crippen LogP contribution < -0.4 is 0 Å². The van der Waals surface area contributed by atoms with Crippen molar-refractivity contribution in [2.24, 2.45) is 0 Å². The van der Waals surface area contributed by atoms with Crippen LogP contribution in [0.1, 0.15) is 25.3 Å². The summed E-state index contributed by atoms with van der Waals surface area (Å²) in [7, 11) is 0. The molecular formula is C14H20FNO2. The maximum Gasteiger partial charge on any atom is 0.222 e. The van der Waals surface area contributed by atoms with Crippen LogP contribution in [0.3, 0.4) is 0 Å². The Morgan fingerprint density at radius 1 is 1.33 bits per heavy atom. The molecule has 0 saturated carbocycles. The summed E-state index contributed by atoms with van der Waals surface area (Å²) in [5.41, 5.74) is 0.961. The number of hydrogen-bond donors (Lipinski definition) is 1. The Morgan fingerprint density at radius 3 is 2.56 bits per heavy atom. The van der Waals surface area contributed by atoms with Gasteiger partial charge in [0.15, 0.2) is 0 Å². The highest BCUT2D eigenvalue weighted by molar-refractivity contribution is 5.76. The van der Waals surface area contributed by atoms with E-state index in [1.807, 2.05) is 6.92 Å². The average Bonchev–Trinajstić information content (AvgIpc) is 2.39. The molecule has 0 aromatic heterocycles. The molecule has 0 spiro atoms. The van der Waals surface area contributed by atoms with E-state index in [0.717, 1.165) is 5.56 Å². The van der Waals surface area contributed by atoms with E-state index in [0.29, 0.717) is 32.4 Å². The van der Waals surface area contributed by atoms with Crippen molar-refractivity contribution in [3.05, 3.63) is 35.6 Å². The van der Waals surface area contributed by atoms with E-state index in [4.69, 9.17) is 5.11 Å². The number of hydrogen-bond acceptors (Lipinski definition) is 2. The van der Waals surface area contributed by atoms with Crippen LogP contribution in [0.5, 0.6) is 0 Å². The summed E-state index contributed by atoms with van der Waals surface area (Å²) >= 11 is 0. The summed E-state index contributed by atoms with van der Waals surface area (Å²) in [6.45, 7) is 3.27. The first-order chi connectivity index (χ1) is 8.67. The van der Waals surface area contributed by atoms with E-state index >= 15 is 0 Å². The molecular weight excluding hydrogens is 233 g/mol. The maximum atomic E-state index is 12.7. The highest BCUT2D eigenvalue weighted by atomic mass is 19.1. The molecule has 18 heavy (non-hydrogen) atoms. The average molecular weight is 253 g/mol. The second-order valence-corrected chi connectivity index (χ2v) is 4.18. The normalized spacial score (nSPS) is 10.4. The first kappa shape index (κ1) is 14.6. The number of rotatable bonds is 7. The van der Waals surface area contributed by atoms with Gasteiger partial charge in [-0.1, -0.05) is 12.1 Å². The smallest absolute Gasteiger partial charge is 0.222 e. The predicted octanol–water partition coefficient (Wildman–Crippen LogP) is 1.99. The van der Waals surface area contributed by atoms with Gasteiger partial charge in [0.1, 0.15) is 5.82 Å². The van der Waals surface area contributed by atoms with E-state index in [1.165, 1.54) is 12.1 Å². The second kappa shape index (κ2) is 7.82. The van der Waals surface area contributed by atoms with E-state index in [-0.39, 0.29) is 18.3 Å². The van der Waals surface area contributed by atoms with Crippen molar-refractivity contribution in [2.75, 3.05) is 19.7 Å². The molecule has 3 nitrogen and oxygen atoms in total. The Kier molecular flexibility index (Phi) is 6.36. The van der Waals surface area contributed by atoms with Crippen molar-refractivity contribution in [3.8, 4) is 0 Å². The van der Waals surface area contributed by atoms with Crippen molar-refractivity contribution in [2.45, 2.75) is 26.2 Å². The van der Waals surface area contributed by atoms with Gasteiger partial charge in [-0.3, -0.25) is 4.79 Å². The molecule has 4 heteroatoms. The molecule has 0 aliphatic heterocycles. The summed E-state index contributed by atoms with van der Waals surface area (Å²) in [6, 6.07) is 6.21. The van der Waals surface area contributed by atoms with Gasteiger partial charge in [-0.05, 0) is 37.5 Å². The molecule has 0 aliphatic rings. The minimum Gasteiger partial charge on any atom is -0.396 e. The Labute approximate surface area is 107 Å². The zero-order valence-electron chi connectivity index (χ0n) is 10.7. The lowest BCUT2D eigenvalue weighted by Gasteiger charge is -2.20. The number of carbonyl (C=O) groups is 1. The molecule has 0 radical (unpaired) electrons. The predicted molar refractivity (Wildman–Crippen MR) is 68.7 cm³/mol. The lowest BCUT2D eigenvalue weighted by atomic mass is 10.1. The van der Waals surface area contributed by atoms with Gasteiger partial charge in [0.2, 0.25) is 5.91 Å². The molecule has 1 rings (SSSR count). The number of amides is 1. The molecule has 0 unspecified atom stereocenters. The molecule has 1 aromatic carbocycles. The van der Waals surface area contributed by atoms with E-state index in [2.05, 4.69) is 0 Å². The van der Waals surface area contributed by atoms with Crippen LogP contribution in [-0.4, -0.2) is 35.6 Å². The summed E-state index contributed by atoms with van der Waals surface area (Å²) in [6.07, 6.45) is 1.65. The Hall–Kier alpha value is -1.42. The van der Waals surface area contributed by atoms with Gasteiger partial charge in [-0.15, -0.1) is 0 Å². The molecule has 0 aliphatic carbocycles. The minimum atomic E-state index is -0.261. The van der Waals surface area contributed by atoms with Gasteiger partial charge in [0.05, 0.1) is 0 Å². The largest absolute Gasteiger partial charge is 0.396 e. The lowest BCUT2D eigenvalue weighted by Crippen LogP contribution is -2.32. The van der Waals surface area contributed by atoms with Crippen LogP contribution in [0.2, 0.25) is 0 Å². The third kappa shape index (κ3) is 4.84. The van der Waals surface area contributed by atoms with Crippen LogP contribution in [0.25, 0.3) is 0 Å². The molecule has 0 fully saturated rings. The molecule has 1 aromatic rings. The van der Waals surface area contributed by atoms with Crippen LogP contribution in [0.15, 0.2) is 24.3 Å². The van der Waals surface area contributed by atoms with Gasteiger partial charge in [0, 0.05) is 26.1 Å². The molecule has 0 saturated heterocycles. The van der Waals surface area contributed by atoms with Crippen molar-refractivity contribution in [1.82, 2.24) is 4.90 Å². The molecule has 0 atom stereocenters. The zero-order valence-corrected chi connectivity index (χ0v) is 10.7. The van der Waals surface area contributed by atoms with Crippen molar-refractivity contribution < 1.29 is 14.3 Å². The van der Waals surface area contributed by atoms with Crippen molar-refractivity contribution in [1.29, 1.82) is 0 Å². The quantitative estimate of drug-likeness (QED) is 0.807. The number of aliphatic hydroxyl groups excluding tert-OH is 1. The fourth-order valence-corrected chi connectivity index (χ4v) is 1.78. The summed E-state index contributed by atoms with van der Waals surface area (Å²) in [5.74, 6) is -0.182. The number of aliphatic hydroxyl groups is 1. The third-order valence-corrected chi connectivity index (χ3v) is 2.86. The van der Waals surface area contributed by atoms with Crippen LogP contribution in [-0.2, 0) is 11.2 Å². The van der Waals surface area contributed by atoms with Gasteiger partial charge < -0.3 is 10.0 Å². The summed E-state index contributed by atoms with van der Waals surface area (Å²) < 4.78 is 12.7. The molecule has 100 valence electrons. The first-order valence-electron chi connectivity index (χ1n) is 6.30. The van der Waals surface area contributed by atoms with E-state index < -0.39 is 0 Å². The molecule has 1 N–H and O–H groups in total. The van der Waals surface area contributed by atoms with Gasteiger partial charge in [0.25, 0.3) is 0 Å². The maximum absolute atomic E-state index is 12.7. The van der Waals surface area contributed by atoms with Crippen molar-refractivity contribution in [3.63, 3.8) is 0 Å². The summed E-state index contributed by atoms with van der Waals surface area (Å²) in [4.78, 5) is 13.6. The minimum absolute atomic E-state index is 0.0790. The molecule has 0 heterocycles. The topological polar surface area (TPSA) is 40.5 Å².